The third-order valence-corrected chi connectivity index (χ3v) is 3.89. The summed E-state index contributed by atoms with van der Waals surface area (Å²) in [6, 6.07) is 0. The first kappa shape index (κ1) is 7.26. The van der Waals surface area contributed by atoms with Crippen LogP contribution in [0.4, 0.5) is 0 Å². The van der Waals surface area contributed by atoms with Crippen molar-refractivity contribution in [2.45, 2.75) is 13.3 Å². The molecule has 0 aliphatic carbocycles. The van der Waals surface area contributed by atoms with Crippen LogP contribution in [0.1, 0.15) is 13.3 Å². The van der Waals surface area contributed by atoms with Gasteiger partial charge >= 0.3 is 0 Å². The quantitative estimate of drug-likeness (QED) is 0.540. The molecule has 0 saturated carbocycles. The van der Waals surface area contributed by atoms with Crippen molar-refractivity contribution in [3.63, 3.8) is 0 Å². The van der Waals surface area contributed by atoms with Gasteiger partial charge in [0, 0.05) is 19.3 Å². The lowest BCUT2D eigenvalue weighted by molar-refractivity contribution is 0.536. The summed E-state index contributed by atoms with van der Waals surface area (Å²) in [6.07, 6.45) is 1.80. The maximum absolute atomic E-state index is 11.4. The second-order valence-corrected chi connectivity index (χ2v) is 4.97. The number of hydrogen-bond donors (Lipinski definition) is 2. The smallest absolute Gasteiger partial charge is 0.211 e. The van der Waals surface area contributed by atoms with E-state index in [4.69, 9.17) is 0 Å². The molecule has 54 valence electrons. The lowest BCUT2D eigenvalue weighted by Crippen LogP contribution is -2.32. The molecule has 0 bridgehead atoms. The van der Waals surface area contributed by atoms with Crippen LogP contribution >= 0.6 is 7.44 Å². The summed E-state index contributed by atoms with van der Waals surface area (Å²) in [5, 5.41) is 5.98. The van der Waals surface area contributed by atoms with Crippen molar-refractivity contribution in [1.82, 2.24) is 10.2 Å². The summed E-state index contributed by atoms with van der Waals surface area (Å²) < 4.78 is 11.4. The van der Waals surface area contributed by atoms with E-state index in [1.54, 1.807) is 0 Å². The fraction of sp³-hybridized carbons (Fsp3) is 1.00. The lowest BCUT2D eigenvalue weighted by Gasteiger charge is -2.23. The first-order valence-electron chi connectivity index (χ1n) is 3.36. The molecule has 3 nitrogen and oxygen atoms in total. The Morgan fingerprint density at radius 3 is 2.33 bits per heavy atom. The average Bonchev–Trinajstić information content (AvgIpc) is 1.90. The zero-order valence-corrected chi connectivity index (χ0v) is 6.58. The van der Waals surface area contributed by atoms with Gasteiger partial charge in [-0.3, -0.25) is 14.7 Å². The van der Waals surface area contributed by atoms with Gasteiger partial charge in [0.25, 0.3) is 0 Å². The average molecular weight is 148 g/mol. The third-order valence-electron chi connectivity index (χ3n) is 1.53. The monoisotopic (exact) mass is 148 g/mol. The maximum Gasteiger partial charge on any atom is 0.211 e. The van der Waals surface area contributed by atoms with Crippen molar-refractivity contribution < 1.29 is 4.57 Å². The Balaban J connectivity index is 2.47. The molecule has 1 rings (SSSR count). The first-order chi connectivity index (χ1) is 4.27. The zero-order valence-electron chi connectivity index (χ0n) is 5.68. The number of nitrogens with one attached hydrogen (secondary N) is 2. The molecule has 1 aliphatic heterocycles. The summed E-state index contributed by atoms with van der Waals surface area (Å²) in [4.78, 5) is 0. The van der Waals surface area contributed by atoms with Crippen molar-refractivity contribution in [3.05, 3.63) is 0 Å². The van der Waals surface area contributed by atoms with Gasteiger partial charge in [-0.1, -0.05) is 6.92 Å². The van der Waals surface area contributed by atoms with Gasteiger partial charge in [-0.25, -0.2) is 0 Å². The number of rotatable bonds is 1. The molecule has 1 saturated heterocycles. The zero-order chi connectivity index (χ0) is 6.74. The summed E-state index contributed by atoms with van der Waals surface area (Å²) in [5.74, 6) is 0. The molecule has 9 heavy (non-hydrogen) atoms. The predicted molar refractivity (Wildman–Crippen MR) is 38.8 cm³/mol. The minimum atomic E-state index is -2.09. The Labute approximate surface area is 55.7 Å². The molecule has 0 atom stereocenters. The molecule has 0 amide bonds. The van der Waals surface area contributed by atoms with Crippen LogP contribution in [0.5, 0.6) is 0 Å². The Morgan fingerprint density at radius 2 is 2.00 bits per heavy atom. The Kier molecular flexibility index (Phi) is 2.28. The second-order valence-electron chi connectivity index (χ2n) is 2.23. The van der Waals surface area contributed by atoms with Crippen molar-refractivity contribution in [3.8, 4) is 0 Å². The van der Waals surface area contributed by atoms with Crippen LogP contribution < -0.4 is 10.2 Å². The van der Waals surface area contributed by atoms with E-state index in [0.29, 0.717) is 6.16 Å². The standard InChI is InChI=1S/C5H13N2OP/c1-2-9(8)6-4-3-5-7-9/h2-5H2,1H3,(H2,6,7,8). The van der Waals surface area contributed by atoms with E-state index in [9.17, 15) is 4.57 Å². The van der Waals surface area contributed by atoms with Crippen LogP contribution in [0.25, 0.3) is 0 Å². The molecular weight excluding hydrogens is 135 g/mol. The van der Waals surface area contributed by atoms with Crippen molar-refractivity contribution >= 4 is 7.44 Å². The molecule has 2 N–H and O–H groups in total. The highest BCUT2D eigenvalue weighted by molar-refractivity contribution is 7.59. The van der Waals surface area contributed by atoms with Gasteiger partial charge in [0.1, 0.15) is 0 Å². The predicted octanol–water partition coefficient (Wildman–Crippen LogP) is 0.782. The van der Waals surface area contributed by atoms with Gasteiger partial charge < -0.3 is 0 Å². The number of hydrogen-bond acceptors (Lipinski definition) is 1. The summed E-state index contributed by atoms with van der Waals surface area (Å²) >= 11 is 0. The Morgan fingerprint density at radius 1 is 1.44 bits per heavy atom. The van der Waals surface area contributed by atoms with Crippen LogP contribution in [0, 0.1) is 0 Å². The van der Waals surface area contributed by atoms with E-state index in [0.717, 1.165) is 19.5 Å². The minimum absolute atomic E-state index is 0.715. The van der Waals surface area contributed by atoms with Crippen LogP contribution in [-0.4, -0.2) is 19.3 Å². The Bertz CT molecular complexity index is 127. The highest BCUT2D eigenvalue weighted by Gasteiger charge is 2.20. The fourth-order valence-corrected chi connectivity index (χ4v) is 2.48. The molecule has 0 unspecified atom stereocenters. The van der Waals surface area contributed by atoms with Gasteiger partial charge in [-0.15, -0.1) is 0 Å². The molecule has 0 aromatic rings. The normalized spacial score (nSPS) is 25.9. The van der Waals surface area contributed by atoms with Crippen LogP contribution in [0.2, 0.25) is 0 Å². The molecular formula is C5H13N2OP. The molecule has 0 radical (unpaired) electrons. The molecule has 1 heterocycles. The van der Waals surface area contributed by atoms with Crippen LogP contribution in [0.15, 0.2) is 0 Å². The molecule has 0 spiro atoms. The van der Waals surface area contributed by atoms with Gasteiger partial charge in [-0.2, -0.15) is 0 Å². The second kappa shape index (κ2) is 2.82. The SMILES string of the molecule is CCP1(=O)NCCCN1. The van der Waals surface area contributed by atoms with Gasteiger partial charge in [0.2, 0.25) is 7.44 Å². The molecule has 1 aliphatic rings. The summed E-state index contributed by atoms with van der Waals surface area (Å²) in [5.41, 5.74) is 0. The topological polar surface area (TPSA) is 41.1 Å². The fourth-order valence-electron chi connectivity index (χ4n) is 0.887. The molecule has 1 fully saturated rings. The van der Waals surface area contributed by atoms with Crippen molar-refractivity contribution in [1.29, 1.82) is 0 Å². The Hall–Kier alpha value is 0.150. The van der Waals surface area contributed by atoms with E-state index in [-0.39, 0.29) is 0 Å². The van der Waals surface area contributed by atoms with E-state index in [2.05, 4.69) is 10.2 Å². The molecule has 4 heteroatoms. The first-order valence-corrected chi connectivity index (χ1v) is 5.25. The van der Waals surface area contributed by atoms with E-state index >= 15 is 0 Å². The highest BCUT2D eigenvalue weighted by Crippen LogP contribution is 2.36. The van der Waals surface area contributed by atoms with E-state index in [1.807, 2.05) is 6.92 Å². The van der Waals surface area contributed by atoms with Gasteiger partial charge in [0.05, 0.1) is 0 Å². The van der Waals surface area contributed by atoms with Crippen LogP contribution in [-0.2, 0) is 4.57 Å². The van der Waals surface area contributed by atoms with Crippen LogP contribution in [0.3, 0.4) is 0 Å². The van der Waals surface area contributed by atoms with Gasteiger partial charge in [-0.05, 0) is 6.42 Å². The summed E-state index contributed by atoms with van der Waals surface area (Å²) in [6.45, 7) is 3.74. The van der Waals surface area contributed by atoms with E-state index in [1.165, 1.54) is 0 Å². The largest absolute Gasteiger partial charge is 0.289 e. The maximum atomic E-state index is 11.4. The molecule has 0 aromatic carbocycles. The highest BCUT2D eigenvalue weighted by atomic mass is 31.2. The molecule has 0 aromatic heterocycles. The minimum Gasteiger partial charge on any atom is -0.289 e. The third kappa shape index (κ3) is 1.78. The van der Waals surface area contributed by atoms with Gasteiger partial charge in [0.15, 0.2) is 0 Å². The van der Waals surface area contributed by atoms with Crippen molar-refractivity contribution in [2.75, 3.05) is 19.3 Å². The summed E-state index contributed by atoms with van der Waals surface area (Å²) in [7, 11) is -2.09. The van der Waals surface area contributed by atoms with E-state index < -0.39 is 7.44 Å². The lowest BCUT2D eigenvalue weighted by atomic mass is 10.4. The van der Waals surface area contributed by atoms with Crippen molar-refractivity contribution in [2.24, 2.45) is 0 Å².